The number of hydrogen-bond donors (Lipinski definition) is 0. The van der Waals surface area contributed by atoms with Gasteiger partial charge in [-0.2, -0.15) is 0 Å². The van der Waals surface area contributed by atoms with Gasteiger partial charge in [0, 0.05) is 24.6 Å². The van der Waals surface area contributed by atoms with Crippen molar-refractivity contribution in [2.75, 3.05) is 6.61 Å². The average Bonchev–Trinajstić information content (AvgIpc) is 2.78. The van der Waals surface area contributed by atoms with Crippen LogP contribution in [0, 0.1) is 6.92 Å². The summed E-state index contributed by atoms with van der Waals surface area (Å²) in [6.07, 6.45) is 7.24. The zero-order chi connectivity index (χ0) is 12.3. The van der Waals surface area contributed by atoms with E-state index in [1.807, 2.05) is 19.9 Å². The first-order valence-corrected chi connectivity index (χ1v) is 6.28. The van der Waals surface area contributed by atoms with Gasteiger partial charge in [0.25, 0.3) is 0 Å². The topological polar surface area (TPSA) is 39.2 Å². The van der Waals surface area contributed by atoms with Crippen LogP contribution < -0.4 is 0 Å². The molecule has 2 rings (SSSR count). The first-order chi connectivity index (χ1) is 8.18. The number of hydrogen-bond acceptors (Lipinski definition) is 3. The zero-order valence-electron chi connectivity index (χ0n) is 10.5. The summed E-state index contributed by atoms with van der Waals surface area (Å²) < 4.78 is 5.77. The average molecular weight is 233 g/mol. The van der Waals surface area contributed by atoms with E-state index in [-0.39, 0.29) is 5.78 Å². The van der Waals surface area contributed by atoms with Gasteiger partial charge in [0.2, 0.25) is 0 Å². The molecular formula is C14H19NO2. The van der Waals surface area contributed by atoms with Crippen molar-refractivity contribution in [2.45, 2.75) is 45.1 Å². The van der Waals surface area contributed by atoms with E-state index in [9.17, 15) is 4.79 Å². The fraction of sp³-hybridized carbons (Fsp3) is 0.571. The molecule has 0 aliphatic heterocycles. The Bertz CT molecular complexity index is 408. The largest absolute Gasteiger partial charge is 0.367 e. The molecule has 17 heavy (non-hydrogen) atoms. The molecule has 3 heteroatoms. The minimum Gasteiger partial charge on any atom is -0.367 e. The highest BCUT2D eigenvalue weighted by Gasteiger charge is 2.42. The van der Waals surface area contributed by atoms with Crippen LogP contribution in [0.4, 0.5) is 0 Å². The minimum absolute atomic E-state index is 0.105. The molecular weight excluding hydrogens is 214 g/mol. The lowest BCUT2D eigenvalue weighted by molar-refractivity contribution is -0.0164. The summed E-state index contributed by atoms with van der Waals surface area (Å²) in [6.45, 7) is 4.48. The summed E-state index contributed by atoms with van der Waals surface area (Å²) in [4.78, 5) is 16.6. The lowest BCUT2D eigenvalue weighted by Gasteiger charge is -2.27. The first kappa shape index (κ1) is 12.2. The predicted molar refractivity (Wildman–Crippen MR) is 66.1 cm³/mol. The summed E-state index contributed by atoms with van der Waals surface area (Å²) in [5.74, 6) is 0.105. The second-order valence-corrected chi connectivity index (χ2v) is 4.71. The highest BCUT2D eigenvalue weighted by Crippen LogP contribution is 2.36. The molecule has 0 amide bonds. The Morgan fingerprint density at radius 2 is 2.12 bits per heavy atom. The Kier molecular flexibility index (Phi) is 3.57. The second kappa shape index (κ2) is 4.96. The number of pyridine rings is 1. The monoisotopic (exact) mass is 233 g/mol. The van der Waals surface area contributed by atoms with Crippen molar-refractivity contribution in [1.29, 1.82) is 0 Å². The predicted octanol–water partition coefficient (Wildman–Crippen LogP) is 2.92. The molecule has 0 spiro atoms. The quantitative estimate of drug-likeness (QED) is 0.751. The smallest absolute Gasteiger partial charge is 0.196 e. The van der Waals surface area contributed by atoms with Crippen molar-refractivity contribution >= 4 is 5.78 Å². The molecule has 92 valence electrons. The summed E-state index contributed by atoms with van der Waals surface area (Å²) >= 11 is 0. The number of Topliss-reactive ketones (excluding diaryl/α,β-unsaturated/α-hetero) is 1. The Labute approximate surface area is 102 Å². The van der Waals surface area contributed by atoms with Crippen LogP contribution >= 0.6 is 0 Å². The van der Waals surface area contributed by atoms with Gasteiger partial charge in [-0.15, -0.1) is 0 Å². The van der Waals surface area contributed by atoms with Crippen LogP contribution in [0.15, 0.2) is 18.5 Å². The van der Waals surface area contributed by atoms with Crippen LogP contribution in [-0.4, -0.2) is 23.0 Å². The van der Waals surface area contributed by atoms with Crippen molar-refractivity contribution in [3.8, 4) is 0 Å². The number of ketones is 1. The van der Waals surface area contributed by atoms with E-state index >= 15 is 0 Å². The van der Waals surface area contributed by atoms with E-state index in [0.29, 0.717) is 12.2 Å². The van der Waals surface area contributed by atoms with Gasteiger partial charge in [-0.05, 0) is 51.2 Å². The number of rotatable bonds is 4. The van der Waals surface area contributed by atoms with Gasteiger partial charge in [0.1, 0.15) is 5.60 Å². The molecule has 1 aromatic rings. The third-order valence-corrected chi connectivity index (χ3v) is 3.38. The standard InChI is InChI=1S/C14H19NO2/c1-3-17-14(6-4-5-7-14)13(16)12-8-11(2)9-15-10-12/h8-10H,3-7H2,1-2H3. The van der Waals surface area contributed by atoms with Crippen LogP contribution in [-0.2, 0) is 4.74 Å². The van der Waals surface area contributed by atoms with Gasteiger partial charge in [-0.3, -0.25) is 9.78 Å². The number of ether oxygens (including phenoxy) is 1. The Morgan fingerprint density at radius 3 is 2.71 bits per heavy atom. The number of aromatic nitrogens is 1. The van der Waals surface area contributed by atoms with E-state index in [2.05, 4.69) is 4.98 Å². The molecule has 1 aromatic heterocycles. The molecule has 0 radical (unpaired) electrons. The maximum atomic E-state index is 12.5. The zero-order valence-corrected chi connectivity index (χ0v) is 10.5. The van der Waals surface area contributed by atoms with Crippen LogP contribution in [0.25, 0.3) is 0 Å². The number of carbonyl (C=O) groups is 1. The maximum absolute atomic E-state index is 12.5. The van der Waals surface area contributed by atoms with Gasteiger partial charge in [0.05, 0.1) is 0 Å². The lowest BCUT2D eigenvalue weighted by atomic mass is 9.91. The number of aryl methyl sites for hydroxylation is 1. The molecule has 0 bridgehead atoms. The van der Waals surface area contributed by atoms with Gasteiger partial charge < -0.3 is 4.74 Å². The molecule has 1 saturated carbocycles. The molecule has 0 atom stereocenters. The third-order valence-electron chi connectivity index (χ3n) is 3.38. The normalized spacial score (nSPS) is 18.2. The van der Waals surface area contributed by atoms with Crippen LogP contribution in [0.2, 0.25) is 0 Å². The molecule has 0 N–H and O–H groups in total. The number of nitrogens with zero attached hydrogens (tertiary/aromatic N) is 1. The molecule has 1 aliphatic carbocycles. The first-order valence-electron chi connectivity index (χ1n) is 6.28. The van der Waals surface area contributed by atoms with E-state index in [1.54, 1.807) is 12.4 Å². The highest BCUT2D eigenvalue weighted by molar-refractivity contribution is 6.02. The molecule has 3 nitrogen and oxygen atoms in total. The van der Waals surface area contributed by atoms with Crippen molar-refractivity contribution < 1.29 is 9.53 Å². The van der Waals surface area contributed by atoms with Crippen LogP contribution in [0.3, 0.4) is 0 Å². The molecule has 1 aliphatic rings. The van der Waals surface area contributed by atoms with E-state index in [0.717, 1.165) is 31.2 Å². The molecule has 1 heterocycles. The fourth-order valence-corrected chi connectivity index (χ4v) is 2.60. The van der Waals surface area contributed by atoms with E-state index in [4.69, 9.17) is 4.74 Å². The molecule has 0 saturated heterocycles. The molecule has 0 aromatic carbocycles. The summed E-state index contributed by atoms with van der Waals surface area (Å²) in [7, 11) is 0. The summed E-state index contributed by atoms with van der Waals surface area (Å²) in [5.41, 5.74) is 1.12. The maximum Gasteiger partial charge on any atom is 0.196 e. The SMILES string of the molecule is CCOC1(C(=O)c2cncc(C)c2)CCCC1. The summed E-state index contributed by atoms with van der Waals surface area (Å²) in [6, 6.07) is 1.90. The molecule has 0 unspecified atom stereocenters. The fourth-order valence-electron chi connectivity index (χ4n) is 2.60. The highest BCUT2D eigenvalue weighted by atomic mass is 16.5. The Balaban J connectivity index is 2.28. The minimum atomic E-state index is -0.579. The van der Waals surface area contributed by atoms with E-state index in [1.165, 1.54) is 0 Å². The second-order valence-electron chi connectivity index (χ2n) is 4.71. The Hall–Kier alpha value is -1.22. The van der Waals surface area contributed by atoms with E-state index < -0.39 is 5.60 Å². The lowest BCUT2D eigenvalue weighted by Crippen LogP contribution is -2.39. The van der Waals surface area contributed by atoms with Crippen LogP contribution in [0.5, 0.6) is 0 Å². The third kappa shape index (κ3) is 2.39. The van der Waals surface area contributed by atoms with Crippen LogP contribution in [0.1, 0.15) is 48.5 Å². The van der Waals surface area contributed by atoms with Gasteiger partial charge in [0.15, 0.2) is 5.78 Å². The van der Waals surface area contributed by atoms with Crippen molar-refractivity contribution in [3.63, 3.8) is 0 Å². The summed E-state index contributed by atoms with van der Waals surface area (Å²) in [5, 5.41) is 0. The van der Waals surface area contributed by atoms with Crippen molar-refractivity contribution in [1.82, 2.24) is 4.98 Å². The van der Waals surface area contributed by atoms with Gasteiger partial charge in [-0.25, -0.2) is 0 Å². The van der Waals surface area contributed by atoms with Gasteiger partial charge in [-0.1, -0.05) is 0 Å². The molecule has 1 fully saturated rings. The van der Waals surface area contributed by atoms with Crippen molar-refractivity contribution in [3.05, 3.63) is 29.6 Å². The van der Waals surface area contributed by atoms with Crippen molar-refractivity contribution in [2.24, 2.45) is 0 Å². The number of carbonyl (C=O) groups excluding carboxylic acids is 1. The van der Waals surface area contributed by atoms with Gasteiger partial charge >= 0.3 is 0 Å². The Morgan fingerprint density at radius 1 is 1.41 bits per heavy atom.